The van der Waals surface area contributed by atoms with Crippen LogP contribution >= 0.6 is 0 Å². The third kappa shape index (κ3) is 3.62. The Morgan fingerprint density at radius 2 is 2.04 bits per heavy atom. The second kappa shape index (κ2) is 6.85. The van der Waals surface area contributed by atoms with Crippen molar-refractivity contribution in [1.82, 2.24) is 10.2 Å². The van der Waals surface area contributed by atoms with Crippen molar-refractivity contribution in [2.24, 2.45) is 0 Å². The monoisotopic (exact) mass is 309 g/mol. The molecule has 1 fully saturated rings. The molecule has 2 aromatic rings. The summed E-state index contributed by atoms with van der Waals surface area (Å²) in [5, 5.41) is 19.7. The van der Waals surface area contributed by atoms with E-state index in [0.717, 1.165) is 18.9 Å². The van der Waals surface area contributed by atoms with E-state index >= 15 is 0 Å². The van der Waals surface area contributed by atoms with E-state index < -0.39 is 0 Å². The Morgan fingerprint density at radius 1 is 1.22 bits per heavy atom. The van der Waals surface area contributed by atoms with Gasteiger partial charge in [-0.3, -0.25) is 4.79 Å². The van der Waals surface area contributed by atoms with Crippen molar-refractivity contribution in [3.63, 3.8) is 0 Å². The fourth-order valence-corrected chi connectivity index (χ4v) is 2.27. The summed E-state index contributed by atoms with van der Waals surface area (Å²) in [6, 6.07) is 12.2. The van der Waals surface area contributed by atoms with E-state index in [1.807, 2.05) is 6.07 Å². The number of carbonyl (C=O) groups excluding carboxylic acids is 1. The number of carbonyl (C=O) groups is 1. The second-order valence-corrected chi connectivity index (χ2v) is 5.02. The second-order valence-electron chi connectivity index (χ2n) is 5.02. The van der Waals surface area contributed by atoms with E-state index in [0.29, 0.717) is 24.5 Å². The van der Waals surface area contributed by atoms with Gasteiger partial charge in [0, 0.05) is 18.8 Å². The number of aromatic nitrogens is 2. The first-order valence-corrected chi connectivity index (χ1v) is 7.24. The van der Waals surface area contributed by atoms with E-state index in [-0.39, 0.29) is 11.6 Å². The summed E-state index contributed by atoms with van der Waals surface area (Å²) in [6.07, 6.45) is 0. The number of rotatable bonds is 3. The van der Waals surface area contributed by atoms with Crippen LogP contribution in [0.1, 0.15) is 16.1 Å². The Hall–Kier alpha value is -2.98. The van der Waals surface area contributed by atoms with Gasteiger partial charge in [0.1, 0.15) is 0 Å². The zero-order chi connectivity index (χ0) is 16.1. The molecule has 1 aromatic heterocycles. The molecule has 0 atom stereocenters. The average Bonchev–Trinajstić information content (AvgIpc) is 2.63. The number of nitrogens with zero attached hydrogens (tertiary/aromatic N) is 4. The number of nitriles is 1. The van der Waals surface area contributed by atoms with Crippen molar-refractivity contribution < 1.29 is 9.53 Å². The van der Waals surface area contributed by atoms with E-state index in [1.165, 1.54) is 0 Å². The lowest BCUT2D eigenvalue weighted by atomic mass is 10.2. The molecule has 0 saturated carbocycles. The molecule has 0 unspecified atom stereocenters. The third-order valence-electron chi connectivity index (χ3n) is 3.47. The van der Waals surface area contributed by atoms with Crippen LogP contribution in [0, 0.1) is 11.3 Å². The molecule has 1 amide bonds. The summed E-state index contributed by atoms with van der Waals surface area (Å²) >= 11 is 0. The van der Waals surface area contributed by atoms with Gasteiger partial charge < -0.3 is 15.0 Å². The van der Waals surface area contributed by atoms with E-state index in [4.69, 9.17) is 10.00 Å². The average molecular weight is 309 g/mol. The smallest absolute Gasteiger partial charge is 0.276 e. The van der Waals surface area contributed by atoms with Gasteiger partial charge in [-0.15, -0.1) is 10.2 Å². The van der Waals surface area contributed by atoms with Gasteiger partial charge in [0.2, 0.25) is 0 Å². The molecule has 23 heavy (non-hydrogen) atoms. The Labute approximate surface area is 133 Å². The summed E-state index contributed by atoms with van der Waals surface area (Å²) in [4.78, 5) is 14.2. The van der Waals surface area contributed by atoms with Gasteiger partial charge in [-0.2, -0.15) is 5.26 Å². The van der Waals surface area contributed by atoms with Crippen LogP contribution in [0.4, 0.5) is 11.5 Å². The SMILES string of the molecule is N#Cc1cccc(NC(=O)c2ccc(N3CCOCC3)nn2)c1. The summed E-state index contributed by atoms with van der Waals surface area (Å²) < 4.78 is 5.29. The molecule has 1 aliphatic rings. The zero-order valence-electron chi connectivity index (χ0n) is 12.4. The number of benzene rings is 1. The van der Waals surface area contributed by atoms with Crippen LogP contribution in [0.2, 0.25) is 0 Å². The fourth-order valence-electron chi connectivity index (χ4n) is 2.27. The van der Waals surface area contributed by atoms with E-state index in [9.17, 15) is 4.79 Å². The van der Waals surface area contributed by atoms with Gasteiger partial charge in [-0.05, 0) is 30.3 Å². The molecule has 116 valence electrons. The molecular formula is C16H15N5O2. The molecule has 0 aliphatic carbocycles. The molecule has 0 spiro atoms. The summed E-state index contributed by atoms with van der Waals surface area (Å²) in [5.74, 6) is 0.373. The standard InChI is InChI=1S/C16H15N5O2/c17-11-12-2-1-3-13(10-12)18-16(22)14-4-5-15(20-19-14)21-6-8-23-9-7-21/h1-5,10H,6-9H2,(H,18,22). The number of anilines is 2. The highest BCUT2D eigenvalue weighted by atomic mass is 16.5. The van der Waals surface area contributed by atoms with Crippen LogP contribution in [0.15, 0.2) is 36.4 Å². The van der Waals surface area contributed by atoms with E-state index in [2.05, 4.69) is 20.4 Å². The van der Waals surface area contributed by atoms with Crippen molar-refractivity contribution >= 4 is 17.4 Å². The molecule has 1 N–H and O–H groups in total. The quantitative estimate of drug-likeness (QED) is 0.922. The minimum absolute atomic E-state index is 0.226. The number of nitrogens with one attached hydrogen (secondary N) is 1. The highest BCUT2D eigenvalue weighted by Crippen LogP contribution is 2.13. The highest BCUT2D eigenvalue weighted by Gasteiger charge is 2.14. The van der Waals surface area contributed by atoms with Crippen molar-refractivity contribution in [2.75, 3.05) is 36.5 Å². The summed E-state index contributed by atoms with van der Waals surface area (Å²) in [5.41, 5.74) is 1.26. The predicted octanol–water partition coefficient (Wildman–Crippen LogP) is 1.44. The third-order valence-corrected chi connectivity index (χ3v) is 3.47. The Balaban J connectivity index is 1.68. The van der Waals surface area contributed by atoms with Crippen molar-refractivity contribution in [2.45, 2.75) is 0 Å². The number of morpholine rings is 1. The number of hydrogen-bond acceptors (Lipinski definition) is 6. The first kappa shape index (κ1) is 14.9. The molecule has 0 radical (unpaired) electrons. The molecule has 7 heteroatoms. The predicted molar refractivity (Wildman–Crippen MR) is 84.2 cm³/mol. The molecule has 3 rings (SSSR count). The van der Waals surface area contributed by atoms with Crippen molar-refractivity contribution in [1.29, 1.82) is 5.26 Å². The van der Waals surface area contributed by atoms with Crippen LogP contribution in [0.25, 0.3) is 0 Å². The lowest BCUT2D eigenvalue weighted by Crippen LogP contribution is -2.37. The highest BCUT2D eigenvalue weighted by molar-refractivity contribution is 6.02. The Morgan fingerprint density at radius 3 is 2.74 bits per heavy atom. The lowest BCUT2D eigenvalue weighted by molar-refractivity contribution is 0.102. The minimum atomic E-state index is -0.360. The maximum atomic E-state index is 12.2. The normalized spacial score (nSPS) is 14.1. The molecular weight excluding hydrogens is 294 g/mol. The van der Waals surface area contributed by atoms with Crippen molar-refractivity contribution in [3.8, 4) is 6.07 Å². The van der Waals surface area contributed by atoms with Gasteiger partial charge in [-0.1, -0.05) is 6.07 Å². The maximum Gasteiger partial charge on any atom is 0.276 e. The fraction of sp³-hybridized carbons (Fsp3) is 0.250. The van der Waals surface area contributed by atoms with Crippen LogP contribution in [-0.4, -0.2) is 42.4 Å². The topological polar surface area (TPSA) is 91.1 Å². The maximum absolute atomic E-state index is 12.2. The zero-order valence-corrected chi connectivity index (χ0v) is 12.4. The molecule has 1 aliphatic heterocycles. The van der Waals surface area contributed by atoms with E-state index in [1.54, 1.807) is 36.4 Å². The van der Waals surface area contributed by atoms with Crippen LogP contribution in [0.3, 0.4) is 0 Å². The van der Waals surface area contributed by atoms with Gasteiger partial charge in [0.05, 0.1) is 24.8 Å². The van der Waals surface area contributed by atoms with Gasteiger partial charge >= 0.3 is 0 Å². The van der Waals surface area contributed by atoms with Crippen molar-refractivity contribution in [3.05, 3.63) is 47.7 Å². The first-order valence-electron chi connectivity index (χ1n) is 7.24. The van der Waals surface area contributed by atoms with Crippen LogP contribution in [0.5, 0.6) is 0 Å². The Bertz CT molecular complexity index is 733. The minimum Gasteiger partial charge on any atom is -0.378 e. The first-order chi connectivity index (χ1) is 11.3. The van der Waals surface area contributed by atoms with Gasteiger partial charge in [0.25, 0.3) is 5.91 Å². The Kier molecular flexibility index (Phi) is 4.45. The summed E-state index contributed by atoms with van der Waals surface area (Å²) in [6.45, 7) is 2.86. The molecule has 1 saturated heterocycles. The van der Waals surface area contributed by atoms with Gasteiger partial charge in [0.15, 0.2) is 11.5 Å². The number of hydrogen-bond donors (Lipinski definition) is 1. The molecule has 1 aromatic carbocycles. The van der Waals surface area contributed by atoms with Gasteiger partial charge in [-0.25, -0.2) is 0 Å². The lowest BCUT2D eigenvalue weighted by Gasteiger charge is -2.27. The molecule has 2 heterocycles. The molecule has 7 nitrogen and oxygen atoms in total. The van der Waals surface area contributed by atoms with Crippen LogP contribution < -0.4 is 10.2 Å². The van der Waals surface area contributed by atoms with Crippen LogP contribution in [-0.2, 0) is 4.74 Å². The largest absolute Gasteiger partial charge is 0.378 e. The summed E-state index contributed by atoms with van der Waals surface area (Å²) in [7, 11) is 0. The molecule has 0 bridgehead atoms. The number of ether oxygens (including phenoxy) is 1. The number of amides is 1.